The van der Waals surface area contributed by atoms with E-state index in [4.69, 9.17) is 4.74 Å². The first-order valence-corrected chi connectivity index (χ1v) is 10.3. The van der Waals surface area contributed by atoms with Crippen molar-refractivity contribution in [3.05, 3.63) is 29.3 Å². The number of nitrogens with zero attached hydrogens (tertiary/aromatic N) is 1. The molecule has 1 saturated heterocycles. The van der Waals surface area contributed by atoms with Crippen molar-refractivity contribution in [2.24, 2.45) is 5.92 Å². The molecule has 0 radical (unpaired) electrons. The molecule has 1 heterocycles. The highest BCUT2D eigenvalue weighted by molar-refractivity contribution is 5.85. The summed E-state index contributed by atoms with van der Waals surface area (Å²) in [5, 5.41) is 10.2. The summed E-state index contributed by atoms with van der Waals surface area (Å²) in [5.74, 6) is 1.51. The summed E-state index contributed by atoms with van der Waals surface area (Å²) in [5.41, 5.74) is 1.93. The molecule has 5 heteroatoms. The summed E-state index contributed by atoms with van der Waals surface area (Å²) < 4.78 is 6.63. The number of benzene rings is 1. The van der Waals surface area contributed by atoms with E-state index in [0.29, 0.717) is 37.0 Å². The summed E-state index contributed by atoms with van der Waals surface area (Å²) in [7, 11) is 0. The average Bonchev–Trinajstić information content (AvgIpc) is 3.43. The van der Waals surface area contributed by atoms with Crippen LogP contribution in [0, 0.1) is 5.92 Å². The van der Waals surface area contributed by atoms with Gasteiger partial charge in [-0.15, -0.1) is 12.4 Å². The Morgan fingerprint density at radius 2 is 2.11 bits per heavy atom. The topological polar surface area (TPSA) is 49.8 Å². The third kappa shape index (κ3) is 2.75. The molecular weight excluding hydrogens is 362 g/mol. The Hall–Kier alpha value is -1.10. The molecule has 1 aromatic carbocycles. The maximum atomic E-state index is 12.6. The van der Waals surface area contributed by atoms with Gasteiger partial charge in [-0.1, -0.05) is 6.07 Å². The SMILES string of the molecule is CCO[C@@]12CCC(=O)C[C@@]13CCN(CC1CC1)[C@@H]2Cc1ccc(O)cc13.Cl. The molecule has 0 aromatic heterocycles. The second-order valence-electron chi connectivity index (χ2n) is 8.87. The van der Waals surface area contributed by atoms with Crippen molar-refractivity contribution in [1.82, 2.24) is 4.90 Å². The molecule has 2 bridgehead atoms. The minimum atomic E-state index is -0.288. The molecule has 1 aliphatic heterocycles. The highest BCUT2D eigenvalue weighted by Crippen LogP contribution is 2.59. The molecule has 148 valence electrons. The molecule has 4 nitrogen and oxygen atoms in total. The second kappa shape index (κ2) is 6.75. The quantitative estimate of drug-likeness (QED) is 0.851. The van der Waals surface area contributed by atoms with Crippen LogP contribution in [0.5, 0.6) is 5.75 Å². The van der Waals surface area contributed by atoms with Gasteiger partial charge in [-0.05, 0) is 74.8 Å². The van der Waals surface area contributed by atoms with Crippen LogP contribution in [-0.2, 0) is 21.4 Å². The van der Waals surface area contributed by atoms with Gasteiger partial charge in [0.2, 0.25) is 0 Å². The largest absolute Gasteiger partial charge is 0.508 e. The molecule has 3 aliphatic carbocycles. The second-order valence-corrected chi connectivity index (χ2v) is 8.87. The van der Waals surface area contributed by atoms with Gasteiger partial charge in [-0.25, -0.2) is 0 Å². The number of Topliss-reactive ketones (excluding diaryl/α,β-unsaturated/α-hetero) is 1. The van der Waals surface area contributed by atoms with Gasteiger partial charge in [-0.2, -0.15) is 0 Å². The van der Waals surface area contributed by atoms with E-state index in [9.17, 15) is 9.90 Å². The van der Waals surface area contributed by atoms with Crippen molar-refractivity contribution in [3.8, 4) is 5.75 Å². The van der Waals surface area contributed by atoms with Crippen molar-refractivity contribution >= 4 is 18.2 Å². The zero-order valence-electron chi connectivity index (χ0n) is 16.1. The highest BCUT2D eigenvalue weighted by atomic mass is 35.5. The van der Waals surface area contributed by atoms with Gasteiger partial charge < -0.3 is 9.84 Å². The molecule has 5 rings (SSSR count). The van der Waals surface area contributed by atoms with Gasteiger partial charge in [0, 0.05) is 37.5 Å². The standard InChI is InChI=1S/C22H29NO3.ClH/c1-2-26-22-8-7-18(25)13-21(22)9-10-23(14-15-3-4-15)20(22)11-16-5-6-17(24)12-19(16)21;/h5-6,12,15,20,24H,2-4,7-11,13-14H2,1H3;1H/t20-,21-,22-;/m1./s1. The number of phenols is 1. The number of carbonyl (C=O) groups excluding carboxylic acids is 1. The molecule has 27 heavy (non-hydrogen) atoms. The lowest BCUT2D eigenvalue weighted by Crippen LogP contribution is -2.74. The minimum absolute atomic E-state index is 0. The number of hydrogen-bond acceptors (Lipinski definition) is 4. The lowest BCUT2D eigenvalue weighted by Gasteiger charge is -2.65. The van der Waals surface area contributed by atoms with E-state index in [1.807, 2.05) is 6.07 Å². The number of hydrogen-bond donors (Lipinski definition) is 1. The van der Waals surface area contributed by atoms with Crippen LogP contribution in [0.1, 0.15) is 56.6 Å². The fourth-order valence-electron chi connectivity index (χ4n) is 6.27. The summed E-state index contributed by atoms with van der Waals surface area (Å²) in [6.07, 6.45) is 6.66. The van der Waals surface area contributed by atoms with Crippen LogP contribution in [0.15, 0.2) is 18.2 Å². The summed E-state index contributed by atoms with van der Waals surface area (Å²) in [6.45, 7) is 4.98. The van der Waals surface area contributed by atoms with Gasteiger partial charge in [0.1, 0.15) is 11.5 Å². The monoisotopic (exact) mass is 391 g/mol. The maximum Gasteiger partial charge on any atom is 0.134 e. The third-order valence-corrected chi connectivity index (χ3v) is 7.50. The Morgan fingerprint density at radius 3 is 2.85 bits per heavy atom. The molecule has 0 amide bonds. The van der Waals surface area contributed by atoms with E-state index in [-0.39, 0.29) is 23.4 Å². The number of phenolic OH excluding ortho intramolecular Hbond substituents is 1. The smallest absolute Gasteiger partial charge is 0.134 e. The van der Waals surface area contributed by atoms with E-state index < -0.39 is 0 Å². The number of rotatable bonds is 4. The summed E-state index contributed by atoms with van der Waals surface area (Å²) >= 11 is 0. The van der Waals surface area contributed by atoms with Crippen LogP contribution in [0.2, 0.25) is 0 Å². The van der Waals surface area contributed by atoms with Crippen molar-refractivity contribution in [3.63, 3.8) is 0 Å². The van der Waals surface area contributed by atoms with Crippen LogP contribution in [0.4, 0.5) is 0 Å². The molecule has 4 aliphatic rings. The first kappa shape index (κ1) is 19.2. The molecule has 3 fully saturated rings. The molecule has 0 spiro atoms. The number of ether oxygens (including phenoxy) is 1. The number of likely N-dealkylation sites (tertiary alicyclic amines) is 1. The fourth-order valence-corrected chi connectivity index (χ4v) is 6.27. The Labute approximate surface area is 167 Å². The maximum absolute atomic E-state index is 12.6. The zero-order valence-corrected chi connectivity index (χ0v) is 16.9. The van der Waals surface area contributed by atoms with E-state index in [2.05, 4.69) is 17.9 Å². The van der Waals surface area contributed by atoms with Gasteiger partial charge >= 0.3 is 0 Å². The van der Waals surface area contributed by atoms with Crippen LogP contribution in [0.25, 0.3) is 0 Å². The van der Waals surface area contributed by atoms with Crippen LogP contribution >= 0.6 is 12.4 Å². The number of carbonyl (C=O) groups is 1. The molecule has 1 aromatic rings. The normalized spacial score (nSPS) is 35.1. The van der Waals surface area contributed by atoms with Gasteiger partial charge in [-0.3, -0.25) is 9.69 Å². The summed E-state index contributed by atoms with van der Waals surface area (Å²) in [4.78, 5) is 15.3. The minimum Gasteiger partial charge on any atom is -0.508 e. The van der Waals surface area contributed by atoms with Gasteiger partial charge in [0.15, 0.2) is 0 Å². The Kier molecular flexibility index (Phi) is 4.81. The third-order valence-electron chi connectivity index (χ3n) is 7.50. The van der Waals surface area contributed by atoms with Crippen molar-refractivity contribution in [2.45, 2.75) is 68.9 Å². The molecule has 3 atom stereocenters. The number of halogens is 1. The fraction of sp³-hybridized carbons (Fsp3) is 0.682. The lowest BCUT2D eigenvalue weighted by atomic mass is 9.49. The number of ketones is 1. The van der Waals surface area contributed by atoms with E-state index >= 15 is 0 Å². The predicted molar refractivity (Wildman–Crippen MR) is 107 cm³/mol. The first-order valence-electron chi connectivity index (χ1n) is 10.3. The molecular formula is C22H30ClNO3. The van der Waals surface area contributed by atoms with Crippen LogP contribution in [0.3, 0.4) is 0 Å². The Balaban J connectivity index is 0.00000180. The molecule has 0 unspecified atom stereocenters. The van der Waals surface area contributed by atoms with Gasteiger partial charge in [0.25, 0.3) is 0 Å². The lowest BCUT2D eigenvalue weighted by molar-refractivity contribution is -0.198. The van der Waals surface area contributed by atoms with Gasteiger partial charge in [0.05, 0.1) is 5.60 Å². The Bertz CT molecular complexity index is 749. The highest BCUT2D eigenvalue weighted by Gasteiger charge is 2.66. The molecule has 1 N–H and O–H groups in total. The van der Waals surface area contributed by atoms with Crippen LogP contribution < -0.4 is 0 Å². The average molecular weight is 392 g/mol. The van der Waals surface area contributed by atoms with E-state index in [0.717, 1.165) is 31.7 Å². The predicted octanol–water partition coefficient (Wildman–Crippen LogP) is 3.62. The number of aromatic hydroxyl groups is 1. The number of fused-ring (bicyclic) bond motifs is 1. The number of piperidine rings is 1. The van der Waals surface area contributed by atoms with Crippen LogP contribution in [-0.4, -0.2) is 47.1 Å². The molecule has 2 saturated carbocycles. The first-order chi connectivity index (χ1) is 12.6. The van der Waals surface area contributed by atoms with Crippen molar-refractivity contribution in [1.29, 1.82) is 0 Å². The Morgan fingerprint density at radius 1 is 1.30 bits per heavy atom. The van der Waals surface area contributed by atoms with E-state index in [1.165, 1.54) is 30.5 Å². The zero-order chi connectivity index (χ0) is 17.9. The summed E-state index contributed by atoms with van der Waals surface area (Å²) in [6, 6.07) is 6.15. The van der Waals surface area contributed by atoms with E-state index in [1.54, 1.807) is 6.07 Å². The van der Waals surface area contributed by atoms with Crippen molar-refractivity contribution in [2.75, 3.05) is 19.7 Å². The van der Waals surface area contributed by atoms with Crippen molar-refractivity contribution < 1.29 is 14.6 Å².